The summed E-state index contributed by atoms with van der Waals surface area (Å²) in [5.74, 6) is -1.81. The third kappa shape index (κ3) is 7.26. The maximum absolute atomic E-state index is 13.5. The zero-order chi connectivity index (χ0) is 28.0. The van der Waals surface area contributed by atoms with Gasteiger partial charge in [0.05, 0.1) is 11.4 Å². The number of amidine groups is 1. The van der Waals surface area contributed by atoms with Gasteiger partial charge in [-0.25, -0.2) is 4.98 Å². The summed E-state index contributed by atoms with van der Waals surface area (Å²) in [5.41, 5.74) is 13.1. The topological polar surface area (TPSA) is 189 Å². The van der Waals surface area contributed by atoms with Gasteiger partial charge in [-0.1, -0.05) is 35.9 Å². The molecule has 3 rings (SSSR count). The van der Waals surface area contributed by atoms with Crippen molar-refractivity contribution in [1.82, 2.24) is 14.9 Å². The van der Waals surface area contributed by atoms with E-state index in [1.165, 1.54) is 4.57 Å². The number of aromatic nitrogens is 2. The standard InChI is InChI=1S/C25H28ClN7O4S/c1-13(2)31-24-25(37)33(11-19(34)30-10-14-3-5-15(6-4-14)23(28)29)21(22(26)32-24)17-9-16(27)7-8-18(17)38-12-20(35)36/h3-9,13H,10-12,27H2,1-2H3,(H3,28,29)(H,30,34)(H,31,32)(H,35,36). The van der Waals surface area contributed by atoms with Crippen molar-refractivity contribution >= 4 is 52.6 Å². The van der Waals surface area contributed by atoms with Gasteiger partial charge in [0.15, 0.2) is 11.0 Å². The van der Waals surface area contributed by atoms with Crippen molar-refractivity contribution in [3.05, 3.63) is 69.1 Å². The van der Waals surface area contributed by atoms with E-state index in [0.717, 1.165) is 17.3 Å². The van der Waals surface area contributed by atoms with Crippen LogP contribution < -0.4 is 27.7 Å². The molecule has 3 aromatic rings. The lowest BCUT2D eigenvalue weighted by Gasteiger charge is -2.19. The number of carboxylic acids is 1. The van der Waals surface area contributed by atoms with Gasteiger partial charge in [0.2, 0.25) is 5.91 Å². The van der Waals surface area contributed by atoms with Gasteiger partial charge in [-0.2, -0.15) is 0 Å². The highest BCUT2D eigenvalue weighted by atomic mass is 35.5. The molecule has 1 heterocycles. The van der Waals surface area contributed by atoms with E-state index < -0.39 is 17.4 Å². The molecule has 200 valence electrons. The Morgan fingerprint density at radius 3 is 2.50 bits per heavy atom. The number of nitrogens with one attached hydrogen (secondary N) is 3. The predicted molar refractivity (Wildman–Crippen MR) is 150 cm³/mol. The molecule has 1 amide bonds. The number of carboxylic acid groups (broad SMARTS) is 1. The number of hydrogen-bond acceptors (Lipinski definition) is 8. The van der Waals surface area contributed by atoms with Crippen molar-refractivity contribution < 1.29 is 14.7 Å². The third-order valence-corrected chi connectivity index (χ3v) is 6.54. The molecule has 0 unspecified atom stereocenters. The molecule has 0 spiro atoms. The molecule has 0 aliphatic rings. The number of nitrogens with two attached hydrogens (primary N) is 2. The number of aliphatic carboxylic acids is 1. The normalized spacial score (nSPS) is 10.8. The van der Waals surface area contributed by atoms with Gasteiger partial charge in [0.1, 0.15) is 12.4 Å². The summed E-state index contributed by atoms with van der Waals surface area (Å²) in [4.78, 5) is 42.4. The van der Waals surface area contributed by atoms with Crippen LogP contribution in [0.25, 0.3) is 11.3 Å². The highest BCUT2D eigenvalue weighted by Crippen LogP contribution is 2.36. The highest BCUT2D eigenvalue weighted by Gasteiger charge is 2.22. The lowest BCUT2D eigenvalue weighted by atomic mass is 10.1. The van der Waals surface area contributed by atoms with Crippen LogP contribution in [0.1, 0.15) is 25.0 Å². The van der Waals surface area contributed by atoms with Crippen LogP contribution in [0.4, 0.5) is 11.5 Å². The van der Waals surface area contributed by atoms with E-state index >= 15 is 0 Å². The summed E-state index contributed by atoms with van der Waals surface area (Å²) in [6.07, 6.45) is 0. The molecule has 0 saturated carbocycles. The van der Waals surface area contributed by atoms with Gasteiger partial charge in [-0.3, -0.25) is 24.4 Å². The maximum atomic E-state index is 13.5. The van der Waals surface area contributed by atoms with Crippen LogP contribution in [0.2, 0.25) is 5.15 Å². The number of amides is 1. The van der Waals surface area contributed by atoms with Crippen molar-refractivity contribution in [2.24, 2.45) is 5.73 Å². The minimum atomic E-state index is -1.02. The first-order chi connectivity index (χ1) is 18.0. The lowest BCUT2D eigenvalue weighted by Crippen LogP contribution is -2.35. The largest absolute Gasteiger partial charge is 0.481 e. The molecular weight excluding hydrogens is 530 g/mol. The van der Waals surface area contributed by atoms with Gasteiger partial charge in [0.25, 0.3) is 5.56 Å². The van der Waals surface area contributed by atoms with Gasteiger partial charge < -0.3 is 27.2 Å². The third-order valence-electron chi connectivity index (χ3n) is 5.21. The first-order valence-electron chi connectivity index (χ1n) is 11.5. The highest BCUT2D eigenvalue weighted by molar-refractivity contribution is 8.00. The molecule has 2 aromatic carbocycles. The number of carbonyl (C=O) groups excluding carboxylic acids is 1. The molecule has 0 atom stereocenters. The number of nitrogens with zero attached hydrogens (tertiary/aromatic N) is 2. The van der Waals surface area contributed by atoms with Crippen LogP contribution in [0.5, 0.6) is 0 Å². The summed E-state index contributed by atoms with van der Waals surface area (Å²) in [6.45, 7) is 3.45. The summed E-state index contributed by atoms with van der Waals surface area (Å²) in [7, 11) is 0. The zero-order valence-corrected chi connectivity index (χ0v) is 22.3. The Morgan fingerprint density at radius 1 is 1.21 bits per heavy atom. The van der Waals surface area contributed by atoms with Crippen molar-refractivity contribution in [2.75, 3.05) is 16.8 Å². The smallest absolute Gasteiger partial charge is 0.313 e. The predicted octanol–water partition coefficient (Wildman–Crippen LogP) is 2.74. The number of benzene rings is 2. The molecule has 0 aliphatic heterocycles. The van der Waals surface area contributed by atoms with Crippen molar-refractivity contribution in [2.45, 2.75) is 37.9 Å². The number of anilines is 2. The molecule has 38 heavy (non-hydrogen) atoms. The van der Waals surface area contributed by atoms with E-state index in [9.17, 15) is 14.4 Å². The molecule has 1 aromatic heterocycles. The fourth-order valence-corrected chi connectivity index (χ4v) is 4.56. The Labute approximate surface area is 228 Å². The average Bonchev–Trinajstić information content (AvgIpc) is 2.85. The van der Waals surface area contributed by atoms with Crippen molar-refractivity contribution in [3.8, 4) is 11.3 Å². The SMILES string of the molecule is CC(C)Nc1nc(Cl)c(-c2cc(N)ccc2SCC(=O)O)n(CC(=O)NCc2ccc(C(=N)N)cc2)c1=O. The summed E-state index contributed by atoms with van der Waals surface area (Å²) in [6, 6.07) is 11.5. The lowest BCUT2D eigenvalue weighted by molar-refractivity contribution is -0.134. The molecule has 11 nitrogen and oxygen atoms in total. The van der Waals surface area contributed by atoms with Gasteiger partial charge in [-0.05, 0) is 37.6 Å². The first-order valence-corrected chi connectivity index (χ1v) is 12.8. The second-order valence-corrected chi connectivity index (χ2v) is 9.99. The Bertz CT molecular complexity index is 1420. The van der Waals surface area contributed by atoms with Crippen molar-refractivity contribution in [3.63, 3.8) is 0 Å². The number of halogens is 1. The first kappa shape index (κ1) is 28.5. The van der Waals surface area contributed by atoms with Gasteiger partial charge >= 0.3 is 5.97 Å². The monoisotopic (exact) mass is 557 g/mol. The van der Waals surface area contributed by atoms with E-state index in [4.69, 9.17) is 33.6 Å². The second-order valence-electron chi connectivity index (χ2n) is 8.62. The molecule has 0 radical (unpaired) electrons. The zero-order valence-electron chi connectivity index (χ0n) is 20.7. The fourth-order valence-electron chi connectivity index (χ4n) is 3.51. The Morgan fingerprint density at radius 2 is 1.89 bits per heavy atom. The molecule has 8 N–H and O–H groups in total. The van der Waals surface area contributed by atoms with Gasteiger partial charge in [0, 0.05) is 34.3 Å². The van der Waals surface area contributed by atoms with Crippen LogP contribution in [0, 0.1) is 5.41 Å². The molecule has 0 saturated heterocycles. The Kier molecular flexibility index (Phi) is 9.37. The van der Waals surface area contributed by atoms with Crippen LogP contribution in [0.15, 0.2) is 52.2 Å². The number of nitrogen functional groups attached to an aromatic ring is 2. The van der Waals surface area contributed by atoms with E-state index in [0.29, 0.717) is 21.7 Å². The Hall–Kier alpha value is -4.03. The second kappa shape index (κ2) is 12.5. The number of hydrogen-bond donors (Lipinski definition) is 6. The number of carbonyl (C=O) groups is 2. The fraction of sp³-hybridized carbons (Fsp3) is 0.240. The number of thioether (sulfide) groups is 1. The Balaban J connectivity index is 2.01. The quantitative estimate of drug-likeness (QED) is 0.0890. The molecule has 0 bridgehead atoms. The minimum Gasteiger partial charge on any atom is -0.481 e. The summed E-state index contributed by atoms with van der Waals surface area (Å²) < 4.78 is 1.20. The number of rotatable bonds is 11. The molecule has 13 heteroatoms. The van der Waals surface area contributed by atoms with Crippen LogP contribution in [-0.4, -0.2) is 44.2 Å². The summed E-state index contributed by atoms with van der Waals surface area (Å²) >= 11 is 7.60. The average molecular weight is 558 g/mol. The van der Waals surface area contributed by atoms with Crippen LogP contribution in [0.3, 0.4) is 0 Å². The molecular formula is C25H28ClN7O4S. The van der Waals surface area contributed by atoms with E-state index in [1.807, 2.05) is 13.8 Å². The minimum absolute atomic E-state index is 0.0231. The van der Waals surface area contributed by atoms with E-state index in [1.54, 1.807) is 42.5 Å². The van der Waals surface area contributed by atoms with Crippen molar-refractivity contribution in [1.29, 1.82) is 5.41 Å². The molecule has 0 aliphatic carbocycles. The summed E-state index contributed by atoms with van der Waals surface area (Å²) in [5, 5.41) is 22.3. The molecule has 0 fully saturated rings. The van der Waals surface area contributed by atoms with Gasteiger partial charge in [-0.15, -0.1) is 11.8 Å². The van der Waals surface area contributed by atoms with Crippen LogP contribution >= 0.6 is 23.4 Å². The van der Waals surface area contributed by atoms with E-state index in [-0.39, 0.29) is 47.4 Å². The van der Waals surface area contributed by atoms with E-state index in [2.05, 4.69) is 15.6 Å². The van der Waals surface area contributed by atoms with Crippen LogP contribution in [-0.2, 0) is 22.7 Å². The maximum Gasteiger partial charge on any atom is 0.313 e.